The normalized spacial score (nSPS) is 25.7. The second kappa shape index (κ2) is 5.44. The first-order valence-electron chi connectivity index (χ1n) is 8.75. The summed E-state index contributed by atoms with van der Waals surface area (Å²) in [4.78, 5) is 20.9. The first-order chi connectivity index (χ1) is 12.2. The lowest BCUT2D eigenvalue weighted by molar-refractivity contribution is 0.410. The van der Waals surface area contributed by atoms with Crippen molar-refractivity contribution in [2.75, 3.05) is 29.9 Å². The van der Waals surface area contributed by atoms with Gasteiger partial charge in [0.15, 0.2) is 5.82 Å². The summed E-state index contributed by atoms with van der Waals surface area (Å²) in [5, 5.41) is 5.00. The van der Waals surface area contributed by atoms with E-state index < -0.39 is 0 Å². The Morgan fingerprint density at radius 3 is 2.76 bits per heavy atom. The van der Waals surface area contributed by atoms with Gasteiger partial charge in [-0.2, -0.15) is 4.98 Å². The summed E-state index contributed by atoms with van der Waals surface area (Å²) in [5.41, 5.74) is 0.896. The average molecular weight is 339 g/mol. The van der Waals surface area contributed by atoms with Crippen LogP contribution in [0.5, 0.6) is 0 Å². The van der Waals surface area contributed by atoms with Crippen molar-refractivity contribution in [1.82, 2.24) is 25.1 Å². The maximum absolute atomic E-state index is 5.33. The molecule has 5 rings (SSSR count). The van der Waals surface area contributed by atoms with Crippen LogP contribution in [-0.2, 0) is 0 Å². The average Bonchev–Trinajstić information content (AvgIpc) is 3.35. The minimum absolute atomic E-state index is 0.509. The van der Waals surface area contributed by atoms with Gasteiger partial charge in [0.1, 0.15) is 17.8 Å². The number of hydrogen-bond acceptors (Lipinski definition) is 7. The summed E-state index contributed by atoms with van der Waals surface area (Å²) < 4.78 is 5.33. The van der Waals surface area contributed by atoms with E-state index in [1.165, 1.54) is 12.8 Å². The van der Waals surface area contributed by atoms with Gasteiger partial charge in [0.25, 0.3) is 0 Å². The van der Waals surface area contributed by atoms with E-state index in [2.05, 4.69) is 48.0 Å². The van der Waals surface area contributed by atoms with Gasteiger partial charge in [-0.05, 0) is 37.7 Å². The lowest BCUT2D eigenvalue weighted by Crippen LogP contribution is -2.32. The van der Waals surface area contributed by atoms with E-state index in [0.717, 1.165) is 29.9 Å². The monoisotopic (exact) mass is 339 g/mol. The fourth-order valence-corrected chi connectivity index (χ4v) is 4.47. The Hall–Kier alpha value is -2.64. The van der Waals surface area contributed by atoms with Crippen molar-refractivity contribution >= 4 is 22.9 Å². The summed E-state index contributed by atoms with van der Waals surface area (Å²) in [7, 11) is 2.15. The second-order valence-electron chi connectivity index (χ2n) is 7.22. The van der Waals surface area contributed by atoms with Gasteiger partial charge in [-0.15, -0.1) is 0 Å². The van der Waals surface area contributed by atoms with Crippen LogP contribution in [0.2, 0.25) is 0 Å². The highest BCUT2D eigenvalue weighted by atomic mass is 16.5. The van der Waals surface area contributed by atoms with Crippen molar-refractivity contribution in [2.45, 2.75) is 25.8 Å². The van der Waals surface area contributed by atoms with Gasteiger partial charge in [0.2, 0.25) is 0 Å². The van der Waals surface area contributed by atoms with Crippen molar-refractivity contribution in [3.05, 3.63) is 24.4 Å². The molecule has 1 aliphatic heterocycles. The first kappa shape index (κ1) is 14.7. The van der Waals surface area contributed by atoms with Crippen molar-refractivity contribution in [3.8, 4) is 0 Å². The Morgan fingerprint density at radius 1 is 1.24 bits per heavy atom. The topological polar surface area (TPSA) is 87.0 Å². The standard InChI is InChI=1S/C17H21N7O/c1-10-21-17(25-22-10)24-7-11-5-13(6-12(11)8-24)23(2)16-14-3-4-18-15(14)19-9-20-16/h3-4,9,11-13H,5-8H2,1-2H3,(H,18,19,20)/t11-,12+,13-. The van der Waals surface area contributed by atoms with Crippen LogP contribution in [0.15, 0.2) is 23.1 Å². The van der Waals surface area contributed by atoms with Crippen LogP contribution in [0.4, 0.5) is 11.8 Å². The highest BCUT2D eigenvalue weighted by Crippen LogP contribution is 2.42. The summed E-state index contributed by atoms with van der Waals surface area (Å²) in [6.07, 6.45) is 5.89. The molecule has 1 N–H and O–H groups in total. The summed E-state index contributed by atoms with van der Waals surface area (Å²) in [6.45, 7) is 3.86. The molecule has 1 saturated heterocycles. The van der Waals surface area contributed by atoms with E-state index in [4.69, 9.17) is 4.52 Å². The van der Waals surface area contributed by atoms with Crippen LogP contribution in [-0.4, -0.2) is 51.3 Å². The Bertz CT molecular complexity index is 889. The van der Waals surface area contributed by atoms with E-state index in [1.807, 2.05) is 13.1 Å². The number of hydrogen-bond donors (Lipinski definition) is 1. The maximum Gasteiger partial charge on any atom is 0.324 e. The predicted octanol–water partition coefficient (Wildman–Crippen LogP) is 2.00. The zero-order valence-electron chi connectivity index (χ0n) is 14.4. The van der Waals surface area contributed by atoms with Gasteiger partial charge >= 0.3 is 6.01 Å². The zero-order chi connectivity index (χ0) is 17.0. The van der Waals surface area contributed by atoms with E-state index in [-0.39, 0.29) is 0 Å². The smallest absolute Gasteiger partial charge is 0.324 e. The van der Waals surface area contributed by atoms with E-state index in [9.17, 15) is 0 Å². The quantitative estimate of drug-likeness (QED) is 0.781. The van der Waals surface area contributed by atoms with Gasteiger partial charge < -0.3 is 19.3 Å². The number of rotatable bonds is 3. The Balaban J connectivity index is 1.32. The van der Waals surface area contributed by atoms with Crippen molar-refractivity contribution in [1.29, 1.82) is 0 Å². The number of nitrogens with one attached hydrogen (secondary N) is 1. The van der Waals surface area contributed by atoms with Gasteiger partial charge in [0, 0.05) is 32.4 Å². The van der Waals surface area contributed by atoms with Crippen LogP contribution >= 0.6 is 0 Å². The van der Waals surface area contributed by atoms with Crippen molar-refractivity contribution in [3.63, 3.8) is 0 Å². The van der Waals surface area contributed by atoms with Crippen LogP contribution < -0.4 is 9.80 Å². The molecule has 1 saturated carbocycles. The van der Waals surface area contributed by atoms with Crippen LogP contribution in [0.25, 0.3) is 11.0 Å². The molecule has 2 fully saturated rings. The molecule has 1 aliphatic carbocycles. The number of aromatic nitrogens is 5. The molecule has 0 aromatic carbocycles. The maximum atomic E-state index is 5.33. The number of anilines is 2. The highest BCUT2D eigenvalue weighted by molar-refractivity contribution is 5.87. The number of aryl methyl sites for hydroxylation is 1. The predicted molar refractivity (Wildman–Crippen MR) is 93.5 cm³/mol. The van der Waals surface area contributed by atoms with Gasteiger partial charge in [-0.3, -0.25) is 0 Å². The molecule has 0 bridgehead atoms. The molecule has 8 heteroatoms. The summed E-state index contributed by atoms with van der Waals surface area (Å²) in [6, 6.07) is 3.23. The number of aromatic amines is 1. The molecular formula is C17H21N7O. The molecule has 2 aliphatic rings. The minimum atomic E-state index is 0.509. The number of fused-ring (bicyclic) bond motifs is 2. The van der Waals surface area contributed by atoms with Crippen LogP contribution in [0, 0.1) is 18.8 Å². The SMILES string of the molecule is Cc1noc(N2C[C@H]3C[C@@H](N(C)c4ncnc5[nH]ccc45)C[C@H]3C2)n1. The van der Waals surface area contributed by atoms with Crippen molar-refractivity contribution in [2.24, 2.45) is 11.8 Å². The van der Waals surface area contributed by atoms with Gasteiger partial charge in [-0.25, -0.2) is 9.97 Å². The largest absolute Gasteiger partial charge is 0.356 e. The lowest BCUT2D eigenvalue weighted by atomic mass is 10.0. The van der Waals surface area contributed by atoms with Crippen LogP contribution in [0.1, 0.15) is 18.7 Å². The number of H-pyrrole nitrogens is 1. The lowest BCUT2D eigenvalue weighted by Gasteiger charge is -2.27. The van der Waals surface area contributed by atoms with Gasteiger partial charge in [-0.1, -0.05) is 5.16 Å². The van der Waals surface area contributed by atoms with E-state index >= 15 is 0 Å². The molecule has 25 heavy (non-hydrogen) atoms. The van der Waals surface area contributed by atoms with Crippen LogP contribution in [0.3, 0.4) is 0 Å². The Labute approximate surface area is 145 Å². The molecule has 130 valence electrons. The third-order valence-electron chi connectivity index (χ3n) is 5.73. The molecule has 3 atom stereocenters. The molecule has 0 spiro atoms. The Kier molecular flexibility index (Phi) is 3.19. The van der Waals surface area contributed by atoms with Gasteiger partial charge in [0.05, 0.1) is 5.39 Å². The molecule has 0 radical (unpaired) electrons. The van der Waals surface area contributed by atoms with E-state index in [0.29, 0.717) is 29.7 Å². The Morgan fingerprint density at radius 2 is 2.04 bits per heavy atom. The second-order valence-corrected chi connectivity index (χ2v) is 7.22. The molecule has 0 unspecified atom stereocenters. The summed E-state index contributed by atoms with van der Waals surface area (Å²) in [5.74, 6) is 3.05. The first-order valence-corrected chi connectivity index (χ1v) is 8.75. The van der Waals surface area contributed by atoms with E-state index in [1.54, 1.807) is 6.33 Å². The zero-order valence-corrected chi connectivity index (χ0v) is 14.4. The summed E-state index contributed by atoms with van der Waals surface area (Å²) >= 11 is 0. The fraction of sp³-hybridized carbons (Fsp3) is 0.529. The molecule has 8 nitrogen and oxygen atoms in total. The minimum Gasteiger partial charge on any atom is -0.356 e. The third-order valence-corrected chi connectivity index (χ3v) is 5.73. The molecule has 0 amide bonds. The molecule has 4 heterocycles. The fourth-order valence-electron chi connectivity index (χ4n) is 4.47. The molecular weight excluding hydrogens is 318 g/mol. The third kappa shape index (κ3) is 2.35. The number of nitrogens with zero attached hydrogens (tertiary/aromatic N) is 6. The highest BCUT2D eigenvalue weighted by Gasteiger charge is 2.43. The molecule has 3 aromatic heterocycles. The molecule has 3 aromatic rings. The van der Waals surface area contributed by atoms with Crippen molar-refractivity contribution < 1.29 is 4.52 Å².